The summed E-state index contributed by atoms with van der Waals surface area (Å²) in [5.41, 5.74) is 0.708. The van der Waals surface area contributed by atoms with Crippen LogP contribution in [0.1, 0.15) is 37.1 Å². The lowest BCUT2D eigenvalue weighted by molar-refractivity contribution is -0.385. The number of hydrogen-bond donors (Lipinski definition) is 2. The molecule has 0 radical (unpaired) electrons. The normalized spacial score (nSPS) is 16.0. The summed E-state index contributed by atoms with van der Waals surface area (Å²) >= 11 is 0. The van der Waals surface area contributed by atoms with Crippen LogP contribution in [-0.2, 0) is 6.54 Å². The molecule has 25 heavy (non-hydrogen) atoms. The smallest absolute Gasteiger partial charge is 0.340 e. The SMILES string of the molecule is CCOc1cc(CN2CCC(c3n[nH]c(=O)[nH]3)CC2)ccc1[N+](=O)[O-]. The molecule has 1 aliphatic heterocycles. The maximum absolute atomic E-state index is 11.2. The molecule has 9 heteroatoms. The average molecular weight is 347 g/mol. The Morgan fingerprint density at radius 1 is 1.40 bits per heavy atom. The molecule has 134 valence electrons. The molecule has 3 rings (SSSR count). The number of hydrogen-bond acceptors (Lipinski definition) is 6. The minimum absolute atomic E-state index is 0.00760. The van der Waals surface area contributed by atoms with Crippen molar-refractivity contribution in [3.63, 3.8) is 0 Å². The van der Waals surface area contributed by atoms with Gasteiger partial charge in [0.1, 0.15) is 5.82 Å². The highest BCUT2D eigenvalue weighted by Crippen LogP contribution is 2.30. The summed E-state index contributed by atoms with van der Waals surface area (Å²) in [4.78, 5) is 26.8. The van der Waals surface area contributed by atoms with Gasteiger partial charge in [-0.25, -0.2) is 9.89 Å². The molecule has 0 bridgehead atoms. The molecule has 1 aliphatic rings. The van der Waals surface area contributed by atoms with Gasteiger partial charge in [-0.1, -0.05) is 6.07 Å². The van der Waals surface area contributed by atoms with Gasteiger partial charge in [0.05, 0.1) is 11.5 Å². The minimum atomic E-state index is -0.426. The number of nitro benzene ring substituents is 1. The predicted molar refractivity (Wildman–Crippen MR) is 90.7 cm³/mol. The van der Waals surface area contributed by atoms with E-state index in [9.17, 15) is 14.9 Å². The van der Waals surface area contributed by atoms with Gasteiger partial charge in [-0.05, 0) is 44.5 Å². The Balaban J connectivity index is 1.62. The van der Waals surface area contributed by atoms with Crippen LogP contribution in [0.25, 0.3) is 0 Å². The van der Waals surface area contributed by atoms with Crippen molar-refractivity contribution in [2.45, 2.75) is 32.2 Å². The Bertz CT molecular complexity index is 792. The maximum Gasteiger partial charge on any atom is 0.340 e. The Hall–Kier alpha value is -2.68. The lowest BCUT2D eigenvalue weighted by Gasteiger charge is -2.30. The molecule has 0 amide bonds. The van der Waals surface area contributed by atoms with Gasteiger partial charge in [-0.15, -0.1) is 0 Å². The number of nitrogens with one attached hydrogen (secondary N) is 2. The first-order valence-corrected chi connectivity index (χ1v) is 8.34. The first-order chi connectivity index (χ1) is 12.1. The summed E-state index contributed by atoms with van der Waals surface area (Å²) in [6, 6.07) is 5.03. The lowest BCUT2D eigenvalue weighted by atomic mass is 9.96. The summed E-state index contributed by atoms with van der Waals surface area (Å²) in [6.07, 6.45) is 1.82. The Kier molecular flexibility index (Phi) is 5.13. The second kappa shape index (κ2) is 7.47. The highest BCUT2D eigenvalue weighted by molar-refractivity contribution is 5.48. The first-order valence-electron chi connectivity index (χ1n) is 8.34. The fourth-order valence-corrected chi connectivity index (χ4v) is 3.18. The topological polar surface area (TPSA) is 117 Å². The van der Waals surface area contributed by atoms with E-state index in [-0.39, 0.29) is 17.3 Å². The molecule has 0 atom stereocenters. The van der Waals surface area contributed by atoms with Crippen LogP contribution in [0.5, 0.6) is 5.75 Å². The fourth-order valence-electron chi connectivity index (χ4n) is 3.18. The third kappa shape index (κ3) is 4.05. The van der Waals surface area contributed by atoms with Crippen molar-refractivity contribution in [2.24, 2.45) is 0 Å². The minimum Gasteiger partial charge on any atom is -0.487 e. The van der Waals surface area contributed by atoms with Crippen LogP contribution in [0.3, 0.4) is 0 Å². The molecule has 0 saturated carbocycles. The Morgan fingerprint density at radius 3 is 2.76 bits per heavy atom. The quantitative estimate of drug-likeness (QED) is 0.607. The zero-order chi connectivity index (χ0) is 17.8. The molecule has 1 aromatic heterocycles. The number of benzene rings is 1. The number of aromatic amines is 2. The summed E-state index contributed by atoms with van der Waals surface area (Å²) in [6.45, 7) is 4.65. The molecule has 1 fully saturated rings. The van der Waals surface area contributed by atoms with Gasteiger partial charge >= 0.3 is 11.4 Å². The monoisotopic (exact) mass is 347 g/mol. The maximum atomic E-state index is 11.2. The van der Waals surface area contributed by atoms with Crippen molar-refractivity contribution in [2.75, 3.05) is 19.7 Å². The van der Waals surface area contributed by atoms with Crippen LogP contribution in [-0.4, -0.2) is 44.7 Å². The third-order valence-electron chi connectivity index (χ3n) is 4.42. The van der Waals surface area contributed by atoms with E-state index in [1.54, 1.807) is 19.1 Å². The molecule has 2 aromatic rings. The first kappa shape index (κ1) is 17.2. The highest BCUT2D eigenvalue weighted by atomic mass is 16.6. The van der Waals surface area contributed by atoms with Crippen LogP contribution in [0.2, 0.25) is 0 Å². The van der Waals surface area contributed by atoms with E-state index in [0.29, 0.717) is 18.9 Å². The van der Waals surface area contributed by atoms with Crippen molar-refractivity contribution in [1.82, 2.24) is 20.1 Å². The number of piperidine rings is 1. The number of ether oxygens (including phenoxy) is 1. The number of rotatable bonds is 6. The molecular weight excluding hydrogens is 326 g/mol. The molecule has 9 nitrogen and oxygen atoms in total. The van der Waals surface area contributed by atoms with Gasteiger partial charge in [0.15, 0.2) is 5.75 Å². The standard InChI is InChI=1S/C16H21N5O4/c1-2-25-14-9-11(3-4-13(14)21(23)24)10-20-7-5-12(6-8-20)15-17-16(22)19-18-15/h3-4,9,12H,2,5-8,10H2,1H3,(H2,17,18,19,22). The second-order valence-electron chi connectivity index (χ2n) is 6.11. The summed E-state index contributed by atoms with van der Waals surface area (Å²) in [5.74, 6) is 1.29. The molecule has 1 aromatic carbocycles. The van der Waals surface area contributed by atoms with Crippen LogP contribution < -0.4 is 10.4 Å². The van der Waals surface area contributed by atoms with Crippen molar-refractivity contribution in [3.05, 3.63) is 50.2 Å². The molecular formula is C16H21N5O4. The largest absolute Gasteiger partial charge is 0.487 e. The van der Waals surface area contributed by atoms with E-state index in [4.69, 9.17) is 4.74 Å². The molecule has 0 unspecified atom stereocenters. The fraction of sp³-hybridized carbons (Fsp3) is 0.500. The van der Waals surface area contributed by atoms with Crippen LogP contribution in [0.4, 0.5) is 5.69 Å². The van der Waals surface area contributed by atoms with Gasteiger partial charge in [0.25, 0.3) is 0 Å². The number of H-pyrrole nitrogens is 2. The number of nitrogens with zero attached hydrogens (tertiary/aromatic N) is 3. The summed E-state index contributed by atoms with van der Waals surface area (Å²) in [5, 5.41) is 17.5. The van der Waals surface area contributed by atoms with E-state index in [1.807, 2.05) is 0 Å². The van der Waals surface area contributed by atoms with E-state index in [2.05, 4.69) is 20.1 Å². The third-order valence-corrected chi connectivity index (χ3v) is 4.42. The Labute approximate surface area is 144 Å². The van der Waals surface area contributed by atoms with Gasteiger partial charge in [-0.3, -0.25) is 20.0 Å². The van der Waals surface area contributed by atoms with Crippen molar-refractivity contribution in [1.29, 1.82) is 0 Å². The molecule has 2 N–H and O–H groups in total. The predicted octanol–water partition coefficient (Wildman–Crippen LogP) is 1.78. The van der Waals surface area contributed by atoms with E-state index >= 15 is 0 Å². The molecule has 0 aliphatic carbocycles. The molecule has 2 heterocycles. The van der Waals surface area contributed by atoms with Crippen molar-refractivity contribution >= 4 is 5.69 Å². The molecule has 1 saturated heterocycles. The Morgan fingerprint density at radius 2 is 2.16 bits per heavy atom. The van der Waals surface area contributed by atoms with Gasteiger partial charge in [0.2, 0.25) is 0 Å². The summed E-state index contributed by atoms with van der Waals surface area (Å²) < 4.78 is 5.40. The van der Waals surface area contributed by atoms with E-state index in [1.165, 1.54) is 6.07 Å². The van der Waals surface area contributed by atoms with Crippen LogP contribution >= 0.6 is 0 Å². The second-order valence-corrected chi connectivity index (χ2v) is 6.11. The lowest BCUT2D eigenvalue weighted by Crippen LogP contribution is -2.32. The highest BCUT2D eigenvalue weighted by Gasteiger charge is 2.23. The van der Waals surface area contributed by atoms with Crippen LogP contribution in [0.15, 0.2) is 23.0 Å². The van der Waals surface area contributed by atoms with E-state index < -0.39 is 4.92 Å². The van der Waals surface area contributed by atoms with Crippen molar-refractivity contribution in [3.8, 4) is 5.75 Å². The summed E-state index contributed by atoms with van der Waals surface area (Å²) in [7, 11) is 0. The van der Waals surface area contributed by atoms with E-state index in [0.717, 1.165) is 37.3 Å². The number of nitro groups is 1. The zero-order valence-electron chi connectivity index (χ0n) is 14.0. The van der Waals surface area contributed by atoms with Gasteiger partial charge in [-0.2, -0.15) is 5.10 Å². The number of aromatic nitrogens is 3. The van der Waals surface area contributed by atoms with Crippen molar-refractivity contribution < 1.29 is 9.66 Å². The van der Waals surface area contributed by atoms with Crippen LogP contribution in [0, 0.1) is 10.1 Å². The average Bonchev–Trinajstić information content (AvgIpc) is 3.02. The number of likely N-dealkylation sites (tertiary alicyclic amines) is 1. The van der Waals surface area contributed by atoms with Gasteiger partial charge < -0.3 is 4.74 Å². The molecule has 0 spiro atoms. The zero-order valence-corrected chi connectivity index (χ0v) is 14.0. The van der Waals surface area contributed by atoms with Gasteiger partial charge in [0, 0.05) is 18.5 Å².